The first-order chi connectivity index (χ1) is 11.5. The Labute approximate surface area is 140 Å². The molecule has 3 amide bonds. The molecule has 1 atom stereocenters. The van der Waals surface area contributed by atoms with Crippen molar-refractivity contribution in [2.24, 2.45) is 5.73 Å². The number of primary amides is 1. The van der Waals surface area contributed by atoms with Crippen LogP contribution in [0.5, 0.6) is 0 Å². The second kappa shape index (κ2) is 7.92. The van der Waals surface area contributed by atoms with E-state index in [1.807, 2.05) is 30.3 Å². The number of carbonyl (C=O) groups is 3. The molecule has 2 aromatic carbocycles. The van der Waals surface area contributed by atoms with Gasteiger partial charge in [0.1, 0.15) is 6.04 Å². The second-order valence-corrected chi connectivity index (χ2v) is 5.38. The van der Waals surface area contributed by atoms with Gasteiger partial charge < -0.3 is 16.4 Å². The molecule has 6 nitrogen and oxygen atoms in total. The molecule has 124 valence electrons. The van der Waals surface area contributed by atoms with Crippen LogP contribution in [0.4, 0.5) is 5.69 Å². The fourth-order valence-electron chi connectivity index (χ4n) is 2.22. The lowest BCUT2D eigenvalue weighted by Gasteiger charge is -2.16. The number of nitrogens with two attached hydrogens (primary N) is 1. The first kappa shape index (κ1) is 17.2. The Bertz CT molecular complexity index is 727. The topological polar surface area (TPSA) is 101 Å². The van der Waals surface area contributed by atoms with Crippen molar-refractivity contribution in [3.63, 3.8) is 0 Å². The fraction of sp³-hybridized carbons (Fsp3) is 0.167. The third-order valence-electron chi connectivity index (χ3n) is 3.40. The molecule has 0 aliphatic carbocycles. The van der Waals surface area contributed by atoms with Crippen molar-refractivity contribution in [2.75, 3.05) is 5.32 Å². The Morgan fingerprint density at radius 2 is 1.62 bits per heavy atom. The predicted octanol–water partition coefficient (Wildman–Crippen LogP) is 1.47. The third kappa shape index (κ3) is 4.95. The summed E-state index contributed by atoms with van der Waals surface area (Å²) in [6, 6.07) is 14.9. The average molecular weight is 325 g/mol. The summed E-state index contributed by atoms with van der Waals surface area (Å²) < 4.78 is 0. The van der Waals surface area contributed by atoms with Gasteiger partial charge in [0.05, 0.1) is 0 Å². The summed E-state index contributed by atoms with van der Waals surface area (Å²) in [5.74, 6) is -1.19. The van der Waals surface area contributed by atoms with E-state index in [1.165, 1.54) is 6.92 Å². The van der Waals surface area contributed by atoms with E-state index < -0.39 is 17.9 Å². The van der Waals surface area contributed by atoms with Gasteiger partial charge in [-0.15, -0.1) is 0 Å². The minimum atomic E-state index is -0.796. The highest BCUT2D eigenvalue weighted by molar-refractivity contribution is 5.98. The molecule has 0 fully saturated rings. The van der Waals surface area contributed by atoms with Crippen LogP contribution >= 0.6 is 0 Å². The van der Waals surface area contributed by atoms with Crippen molar-refractivity contribution in [3.8, 4) is 0 Å². The number of carbonyl (C=O) groups excluding carboxylic acids is 3. The maximum Gasteiger partial charge on any atom is 0.251 e. The maximum atomic E-state index is 12.3. The molecule has 0 bridgehead atoms. The van der Waals surface area contributed by atoms with Crippen LogP contribution in [0.2, 0.25) is 0 Å². The molecular weight excluding hydrogens is 306 g/mol. The van der Waals surface area contributed by atoms with Gasteiger partial charge in [-0.25, -0.2) is 0 Å². The lowest BCUT2D eigenvalue weighted by atomic mass is 10.0. The van der Waals surface area contributed by atoms with Gasteiger partial charge in [-0.1, -0.05) is 30.3 Å². The molecule has 0 aromatic heterocycles. The normalized spacial score (nSPS) is 11.4. The number of hydrogen-bond donors (Lipinski definition) is 3. The number of anilines is 1. The molecule has 24 heavy (non-hydrogen) atoms. The molecule has 0 heterocycles. The monoisotopic (exact) mass is 325 g/mol. The Balaban J connectivity index is 2.05. The molecular formula is C18H19N3O3. The van der Waals surface area contributed by atoms with Crippen LogP contribution in [0, 0.1) is 0 Å². The summed E-state index contributed by atoms with van der Waals surface area (Å²) in [5.41, 5.74) is 7.26. The summed E-state index contributed by atoms with van der Waals surface area (Å²) >= 11 is 0. The Hall–Kier alpha value is -3.15. The second-order valence-electron chi connectivity index (χ2n) is 5.38. The van der Waals surface area contributed by atoms with Crippen molar-refractivity contribution in [3.05, 3.63) is 65.7 Å². The first-order valence-corrected chi connectivity index (χ1v) is 7.47. The number of benzene rings is 2. The van der Waals surface area contributed by atoms with Gasteiger partial charge in [-0.05, 0) is 29.8 Å². The molecule has 0 saturated carbocycles. The van der Waals surface area contributed by atoms with Gasteiger partial charge in [-0.2, -0.15) is 0 Å². The molecule has 2 aromatic rings. The van der Waals surface area contributed by atoms with E-state index >= 15 is 0 Å². The van der Waals surface area contributed by atoms with E-state index in [0.29, 0.717) is 17.7 Å². The van der Waals surface area contributed by atoms with E-state index in [9.17, 15) is 14.4 Å². The SMILES string of the molecule is CC(=O)Nc1ccc(C(=O)N[C@@H](Cc2ccccc2)C(N)=O)cc1. The summed E-state index contributed by atoms with van der Waals surface area (Å²) in [7, 11) is 0. The highest BCUT2D eigenvalue weighted by Crippen LogP contribution is 2.10. The van der Waals surface area contributed by atoms with Gasteiger partial charge >= 0.3 is 0 Å². The molecule has 4 N–H and O–H groups in total. The number of rotatable bonds is 6. The van der Waals surface area contributed by atoms with Crippen LogP contribution in [0.25, 0.3) is 0 Å². The van der Waals surface area contributed by atoms with Crippen LogP contribution in [0.1, 0.15) is 22.8 Å². The van der Waals surface area contributed by atoms with Gasteiger partial charge in [0.2, 0.25) is 11.8 Å². The standard InChI is InChI=1S/C18H19N3O3/c1-12(22)20-15-9-7-14(8-10-15)18(24)21-16(17(19)23)11-13-5-3-2-4-6-13/h2-10,16H,11H2,1H3,(H2,19,23)(H,20,22)(H,21,24)/t16-/m0/s1. The third-order valence-corrected chi connectivity index (χ3v) is 3.40. The van der Waals surface area contributed by atoms with E-state index in [2.05, 4.69) is 10.6 Å². The van der Waals surface area contributed by atoms with Crippen molar-refractivity contribution in [1.29, 1.82) is 0 Å². The number of amides is 3. The molecule has 6 heteroatoms. The van der Waals surface area contributed by atoms with Crippen LogP contribution in [0.3, 0.4) is 0 Å². The zero-order valence-corrected chi connectivity index (χ0v) is 13.3. The van der Waals surface area contributed by atoms with Gasteiger partial charge in [0.15, 0.2) is 0 Å². The Morgan fingerprint density at radius 3 is 2.17 bits per heavy atom. The van der Waals surface area contributed by atoms with Gasteiger partial charge in [0, 0.05) is 24.6 Å². The molecule has 0 spiro atoms. The first-order valence-electron chi connectivity index (χ1n) is 7.47. The van der Waals surface area contributed by atoms with E-state index in [4.69, 9.17) is 5.73 Å². The molecule has 0 saturated heterocycles. The largest absolute Gasteiger partial charge is 0.368 e. The minimum absolute atomic E-state index is 0.191. The van der Waals surface area contributed by atoms with E-state index in [1.54, 1.807) is 24.3 Å². The maximum absolute atomic E-state index is 12.3. The summed E-state index contributed by atoms with van der Waals surface area (Å²) in [4.78, 5) is 34.9. The zero-order chi connectivity index (χ0) is 17.5. The van der Waals surface area contributed by atoms with Crippen molar-refractivity contribution in [1.82, 2.24) is 5.32 Å². The average Bonchev–Trinajstić information content (AvgIpc) is 2.55. The highest BCUT2D eigenvalue weighted by Gasteiger charge is 2.19. The van der Waals surface area contributed by atoms with E-state index in [0.717, 1.165) is 5.56 Å². The Kier molecular flexibility index (Phi) is 5.68. The van der Waals surface area contributed by atoms with Crippen molar-refractivity contribution >= 4 is 23.4 Å². The van der Waals surface area contributed by atoms with Crippen molar-refractivity contribution < 1.29 is 14.4 Å². The lowest BCUT2D eigenvalue weighted by Crippen LogP contribution is -2.45. The van der Waals surface area contributed by atoms with Crippen LogP contribution in [-0.4, -0.2) is 23.8 Å². The molecule has 0 radical (unpaired) electrons. The highest BCUT2D eigenvalue weighted by atomic mass is 16.2. The zero-order valence-electron chi connectivity index (χ0n) is 13.3. The van der Waals surface area contributed by atoms with E-state index in [-0.39, 0.29) is 5.91 Å². The number of nitrogens with one attached hydrogen (secondary N) is 2. The number of hydrogen-bond acceptors (Lipinski definition) is 3. The molecule has 0 aliphatic rings. The molecule has 0 unspecified atom stereocenters. The Morgan fingerprint density at radius 1 is 1.00 bits per heavy atom. The van der Waals surface area contributed by atoms with Gasteiger partial charge in [-0.3, -0.25) is 14.4 Å². The minimum Gasteiger partial charge on any atom is -0.368 e. The van der Waals surface area contributed by atoms with Crippen molar-refractivity contribution in [2.45, 2.75) is 19.4 Å². The summed E-state index contributed by atoms with van der Waals surface area (Å²) in [6.07, 6.45) is 0.325. The lowest BCUT2D eigenvalue weighted by molar-refractivity contribution is -0.119. The molecule has 2 rings (SSSR count). The quantitative estimate of drug-likeness (QED) is 0.749. The molecule has 0 aliphatic heterocycles. The fourth-order valence-corrected chi connectivity index (χ4v) is 2.22. The summed E-state index contributed by atoms with van der Waals surface area (Å²) in [5, 5.41) is 5.26. The smallest absolute Gasteiger partial charge is 0.251 e. The van der Waals surface area contributed by atoms with Crippen LogP contribution < -0.4 is 16.4 Å². The predicted molar refractivity (Wildman–Crippen MR) is 91.3 cm³/mol. The van der Waals surface area contributed by atoms with Crippen LogP contribution in [0.15, 0.2) is 54.6 Å². The van der Waals surface area contributed by atoms with Gasteiger partial charge in [0.25, 0.3) is 5.91 Å². The van der Waals surface area contributed by atoms with Crippen LogP contribution in [-0.2, 0) is 16.0 Å². The summed E-state index contributed by atoms with van der Waals surface area (Å²) in [6.45, 7) is 1.40.